The number of hydrogen-bond donors (Lipinski definition) is 1. The lowest BCUT2D eigenvalue weighted by Gasteiger charge is -2.15. The molecule has 0 bridgehead atoms. The van der Waals surface area contributed by atoms with Crippen molar-refractivity contribution in [3.8, 4) is 17.2 Å². The van der Waals surface area contributed by atoms with Gasteiger partial charge in [0.2, 0.25) is 5.91 Å². The van der Waals surface area contributed by atoms with Crippen LogP contribution in [-0.2, 0) is 14.9 Å². The average molecular weight is 365 g/mol. The SMILES string of the molecule is COc1cc(S(=O)(=O)Oc2ccccc2NC(C)=O)c(OC)cc1C. The number of ether oxygens (including phenoxy) is 2. The van der Waals surface area contributed by atoms with E-state index in [0.29, 0.717) is 5.75 Å². The number of para-hydroxylation sites is 2. The molecule has 1 amide bonds. The van der Waals surface area contributed by atoms with Crippen molar-refractivity contribution in [2.75, 3.05) is 19.5 Å². The molecule has 0 unspecified atom stereocenters. The zero-order valence-corrected chi connectivity index (χ0v) is 15.1. The summed E-state index contributed by atoms with van der Waals surface area (Å²) in [6.45, 7) is 3.09. The van der Waals surface area contributed by atoms with Gasteiger partial charge in [-0.2, -0.15) is 8.42 Å². The number of carbonyl (C=O) groups excluding carboxylic acids is 1. The van der Waals surface area contributed by atoms with Crippen LogP contribution in [0, 0.1) is 6.92 Å². The zero-order valence-electron chi connectivity index (χ0n) is 14.3. The van der Waals surface area contributed by atoms with Crippen molar-refractivity contribution in [1.82, 2.24) is 0 Å². The van der Waals surface area contributed by atoms with E-state index in [1.54, 1.807) is 31.2 Å². The molecular weight excluding hydrogens is 346 g/mol. The number of anilines is 1. The number of nitrogens with one attached hydrogen (secondary N) is 1. The molecule has 8 heteroatoms. The van der Waals surface area contributed by atoms with Gasteiger partial charge in [0.25, 0.3) is 0 Å². The highest BCUT2D eigenvalue weighted by Crippen LogP contribution is 2.34. The van der Waals surface area contributed by atoms with E-state index in [9.17, 15) is 13.2 Å². The summed E-state index contributed by atoms with van der Waals surface area (Å²) in [6, 6.07) is 9.13. The molecule has 0 saturated carbocycles. The van der Waals surface area contributed by atoms with Gasteiger partial charge in [0.05, 0.1) is 19.9 Å². The maximum absolute atomic E-state index is 12.7. The van der Waals surface area contributed by atoms with Crippen LogP contribution in [0.2, 0.25) is 0 Å². The van der Waals surface area contributed by atoms with E-state index in [1.165, 1.54) is 33.3 Å². The maximum Gasteiger partial charge on any atom is 0.343 e. The van der Waals surface area contributed by atoms with Crippen LogP contribution in [0.4, 0.5) is 5.69 Å². The van der Waals surface area contributed by atoms with Gasteiger partial charge in [-0.25, -0.2) is 0 Å². The first-order chi connectivity index (χ1) is 11.8. The molecule has 0 aliphatic carbocycles. The van der Waals surface area contributed by atoms with Gasteiger partial charge in [-0.1, -0.05) is 12.1 Å². The molecule has 1 N–H and O–H groups in total. The highest BCUT2D eigenvalue weighted by molar-refractivity contribution is 7.87. The summed E-state index contributed by atoms with van der Waals surface area (Å²) in [5.41, 5.74) is 0.966. The summed E-state index contributed by atoms with van der Waals surface area (Å²) < 4.78 is 41.0. The Bertz CT molecular complexity index is 892. The zero-order chi connectivity index (χ0) is 18.6. The third kappa shape index (κ3) is 4.21. The van der Waals surface area contributed by atoms with E-state index in [4.69, 9.17) is 13.7 Å². The van der Waals surface area contributed by atoms with Crippen molar-refractivity contribution in [3.63, 3.8) is 0 Å². The minimum Gasteiger partial charge on any atom is -0.496 e. The van der Waals surface area contributed by atoms with Crippen LogP contribution in [-0.4, -0.2) is 28.5 Å². The summed E-state index contributed by atoms with van der Waals surface area (Å²) >= 11 is 0. The smallest absolute Gasteiger partial charge is 0.343 e. The quantitative estimate of drug-likeness (QED) is 0.792. The van der Waals surface area contributed by atoms with Gasteiger partial charge in [0.15, 0.2) is 10.6 Å². The molecule has 25 heavy (non-hydrogen) atoms. The molecule has 0 heterocycles. The first-order valence-electron chi connectivity index (χ1n) is 7.32. The topological polar surface area (TPSA) is 90.9 Å². The normalized spacial score (nSPS) is 10.9. The lowest BCUT2D eigenvalue weighted by molar-refractivity contribution is -0.114. The molecule has 0 aliphatic rings. The molecular formula is C17H19NO6S. The second kappa shape index (κ2) is 7.43. The highest BCUT2D eigenvalue weighted by atomic mass is 32.2. The molecule has 0 atom stereocenters. The molecule has 2 aromatic rings. The van der Waals surface area contributed by atoms with Crippen LogP contribution < -0.4 is 19.0 Å². The van der Waals surface area contributed by atoms with Crippen LogP contribution in [0.3, 0.4) is 0 Å². The number of rotatable bonds is 6. The second-order valence-corrected chi connectivity index (χ2v) is 6.70. The molecule has 2 aromatic carbocycles. The fourth-order valence-electron chi connectivity index (χ4n) is 2.21. The van der Waals surface area contributed by atoms with Crippen molar-refractivity contribution >= 4 is 21.7 Å². The molecule has 0 radical (unpaired) electrons. The van der Waals surface area contributed by atoms with Crippen LogP contribution in [0.25, 0.3) is 0 Å². The molecule has 0 aliphatic heterocycles. The summed E-state index contributed by atoms with van der Waals surface area (Å²) in [5.74, 6) is 0.177. The van der Waals surface area contributed by atoms with Gasteiger partial charge in [0, 0.05) is 13.0 Å². The van der Waals surface area contributed by atoms with Gasteiger partial charge in [0.1, 0.15) is 11.5 Å². The average Bonchev–Trinajstić information content (AvgIpc) is 2.55. The van der Waals surface area contributed by atoms with Gasteiger partial charge in [-0.3, -0.25) is 4.79 Å². The van der Waals surface area contributed by atoms with E-state index in [2.05, 4.69) is 5.32 Å². The Labute approximate surface area is 146 Å². The highest BCUT2D eigenvalue weighted by Gasteiger charge is 2.25. The third-order valence-corrected chi connectivity index (χ3v) is 4.60. The first-order valence-corrected chi connectivity index (χ1v) is 8.73. The van der Waals surface area contributed by atoms with E-state index in [-0.39, 0.29) is 28.0 Å². The second-order valence-electron chi connectivity index (χ2n) is 5.19. The number of methoxy groups -OCH3 is 2. The van der Waals surface area contributed by atoms with Crippen molar-refractivity contribution in [2.24, 2.45) is 0 Å². The Morgan fingerprint density at radius 3 is 2.24 bits per heavy atom. The summed E-state index contributed by atoms with van der Waals surface area (Å²) in [4.78, 5) is 11.1. The molecule has 0 fully saturated rings. The number of carbonyl (C=O) groups is 1. The Balaban J connectivity index is 2.49. The third-order valence-electron chi connectivity index (χ3n) is 3.35. The van der Waals surface area contributed by atoms with Crippen LogP contribution in [0.5, 0.6) is 17.2 Å². The number of benzene rings is 2. The summed E-state index contributed by atoms with van der Waals surface area (Å²) in [5, 5.41) is 2.52. The molecule has 134 valence electrons. The summed E-state index contributed by atoms with van der Waals surface area (Å²) in [6.07, 6.45) is 0. The Morgan fingerprint density at radius 2 is 1.64 bits per heavy atom. The van der Waals surface area contributed by atoms with E-state index in [1.807, 2.05) is 0 Å². The predicted molar refractivity (Wildman–Crippen MR) is 92.8 cm³/mol. The molecule has 7 nitrogen and oxygen atoms in total. The van der Waals surface area contributed by atoms with Gasteiger partial charge in [-0.15, -0.1) is 0 Å². The van der Waals surface area contributed by atoms with Crippen LogP contribution in [0.15, 0.2) is 41.3 Å². The van der Waals surface area contributed by atoms with E-state index < -0.39 is 10.1 Å². The predicted octanol–water partition coefficient (Wildman–Crippen LogP) is 2.74. The fourth-order valence-corrected chi connectivity index (χ4v) is 3.32. The van der Waals surface area contributed by atoms with Crippen molar-refractivity contribution in [1.29, 1.82) is 0 Å². The minimum atomic E-state index is -4.22. The largest absolute Gasteiger partial charge is 0.496 e. The van der Waals surface area contributed by atoms with Gasteiger partial charge >= 0.3 is 10.1 Å². The van der Waals surface area contributed by atoms with Crippen LogP contribution in [0.1, 0.15) is 12.5 Å². The Hall–Kier alpha value is -2.74. The minimum absolute atomic E-state index is 0.000653. The van der Waals surface area contributed by atoms with Crippen molar-refractivity contribution in [2.45, 2.75) is 18.7 Å². The van der Waals surface area contributed by atoms with Gasteiger partial charge < -0.3 is 19.0 Å². The summed E-state index contributed by atoms with van der Waals surface area (Å²) in [7, 11) is -1.41. The van der Waals surface area contributed by atoms with E-state index in [0.717, 1.165) is 5.56 Å². The first kappa shape index (κ1) is 18.6. The van der Waals surface area contributed by atoms with Gasteiger partial charge in [-0.05, 0) is 30.7 Å². The Morgan fingerprint density at radius 1 is 1.00 bits per heavy atom. The fraction of sp³-hybridized carbons (Fsp3) is 0.235. The van der Waals surface area contributed by atoms with Crippen molar-refractivity contribution < 1.29 is 26.9 Å². The maximum atomic E-state index is 12.7. The molecule has 0 aromatic heterocycles. The van der Waals surface area contributed by atoms with E-state index >= 15 is 0 Å². The number of aryl methyl sites for hydroxylation is 1. The number of hydrogen-bond acceptors (Lipinski definition) is 6. The molecule has 0 spiro atoms. The monoisotopic (exact) mass is 365 g/mol. The van der Waals surface area contributed by atoms with Crippen molar-refractivity contribution in [3.05, 3.63) is 42.0 Å². The lowest BCUT2D eigenvalue weighted by Crippen LogP contribution is -2.14. The standard InChI is InChI=1S/C17H19NO6S/c1-11-9-16(23-4)17(10-15(11)22-3)25(20,21)24-14-8-6-5-7-13(14)18-12(2)19/h5-10H,1-4H3,(H,18,19). The lowest BCUT2D eigenvalue weighted by atomic mass is 10.2. The number of amides is 1. The Kier molecular flexibility index (Phi) is 5.53. The van der Waals surface area contributed by atoms with Crippen LogP contribution >= 0.6 is 0 Å². The molecule has 0 saturated heterocycles. The molecule has 2 rings (SSSR count).